The number of sulfone groups is 1. The van der Waals surface area contributed by atoms with E-state index in [4.69, 9.17) is 4.74 Å². The lowest BCUT2D eigenvalue weighted by atomic mass is 9.99. The van der Waals surface area contributed by atoms with Gasteiger partial charge in [0.15, 0.2) is 9.84 Å². The Kier molecular flexibility index (Phi) is 4.65. The number of hydrogen-bond acceptors (Lipinski definition) is 5. The number of hydrogen-bond donors (Lipinski definition) is 1. The average molecular weight is 322 g/mol. The van der Waals surface area contributed by atoms with Gasteiger partial charge in [-0.15, -0.1) is 0 Å². The second kappa shape index (κ2) is 6.31. The van der Waals surface area contributed by atoms with Crippen molar-refractivity contribution in [1.82, 2.24) is 5.43 Å². The molecule has 0 bridgehead atoms. The third-order valence-corrected chi connectivity index (χ3v) is 4.48. The van der Waals surface area contributed by atoms with E-state index in [0.717, 1.165) is 17.5 Å². The molecule has 6 nitrogen and oxygen atoms in total. The summed E-state index contributed by atoms with van der Waals surface area (Å²) in [6.07, 6.45) is 5.13. The average Bonchev–Trinajstić information content (AvgIpc) is 2.45. The van der Waals surface area contributed by atoms with Crippen molar-refractivity contribution in [2.75, 3.05) is 13.4 Å². The number of ether oxygens (including phenoxy) is 1. The normalized spacial score (nSPS) is 19.0. The second-order valence-corrected chi connectivity index (χ2v) is 7.20. The fourth-order valence-electron chi connectivity index (χ4n) is 2.10. The number of rotatable bonds is 4. The molecule has 1 atom stereocenters. The second-order valence-electron chi connectivity index (χ2n) is 5.19. The molecular weight excluding hydrogens is 304 g/mol. The van der Waals surface area contributed by atoms with Gasteiger partial charge in [0.25, 0.3) is 0 Å². The van der Waals surface area contributed by atoms with Gasteiger partial charge in [0, 0.05) is 24.2 Å². The molecule has 0 radical (unpaired) electrons. The van der Waals surface area contributed by atoms with Gasteiger partial charge >= 0.3 is 0 Å². The van der Waals surface area contributed by atoms with E-state index in [1.54, 1.807) is 18.2 Å². The van der Waals surface area contributed by atoms with E-state index >= 15 is 0 Å². The van der Waals surface area contributed by atoms with Gasteiger partial charge in [-0.2, -0.15) is 5.10 Å². The summed E-state index contributed by atoms with van der Waals surface area (Å²) in [5.41, 5.74) is 3.94. The third kappa shape index (κ3) is 3.73. The third-order valence-electron chi connectivity index (χ3n) is 3.37. The molecule has 0 aliphatic carbocycles. The number of hydrazone groups is 1. The molecule has 0 fully saturated rings. The number of methoxy groups -OCH3 is 1. The first-order valence-electron chi connectivity index (χ1n) is 6.74. The fraction of sp³-hybridized carbons (Fsp3) is 0.333. The number of carbonyl (C=O) groups excluding carboxylic acids is 1. The minimum Gasteiger partial charge on any atom is -0.496 e. The Morgan fingerprint density at radius 1 is 1.36 bits per heavy atom. The Hall–Kier alpha value is -2.15. The number of benzene rings is 1. The molecular formula is C15H18N2O4S. The zero-order valence-electron chi connectivity index (χ0n) is 12.7. The van der Waals surface area contributed by atoms with E-state index in [2.05, 4.69) is 10.5 Å². The zero-order chi connectivity index (χ0) is 16.3. The van der Waals surface area contributed by atoms with Crippen molar-refractivity contribution in [3.8, 4) is 5.75 Å². The SMILES string of the molecule is COc1cc(S(C)(=O)=O)ccc1C=CC1=NNC(=O)CC1C. The molecule has 7 heteroatoms. The van der Waals surface area contributed by atoms with Crippen LogP contribution >= 0.6 is 0 Å². The Bertz CT molecular complexity index is 751. The maximum Gasteiger partial charge on any atom is 0.240 e. The fourth-order valence-corrected chi connectivity index (χ4v) is 2.74. The summed E-state index contributed by atoms with van der Waals surface area (Å²) in [7, 11) is -1.79. The highest BCUT2D eigenvalue weighted by atomic mass is 32.2. The summed E-state index contributed by atoms with van der Waals surface area (Å²) in [6.45, 7) is 1.92. The number of allylic oxidation sites excluding steroid dienone is 1. The molecule has 0 saturated heterocycles. The van der Waals surface area contributed by atoms with Crippen molar-refractivity contribution in [3.05, 3.63) is 29.8 Å². The van der Waals surface area contributed by atoms with Gasteiger partial charge in [0.2, 0.25) is 5.91 Å². The van der Waals surface area contributed by atoms with E-state index in [0.29, 0.717) is 12.2 Å². The van der Waals surface area contributed by atoms with Crippen LogP contribution in [0.15, 0.2) is 34.3 Å². The molecule has 22 heavy (non-hydrogen) atoms. The molecule has 0 spiro atoms. The number of nitrogens with zero attached hydrogens (tertiary/aromatic N) is 1. The van der Waals surface area contributed by atoms with Crippen molar-refractivity contribution in [3.63, 3.8) is 0 Å². The van der Waals surface area contributed by atoms with Crippen molar-refractivity contribution < 1.29 is 17.9 Å². The summed E-state index contributed by atoms with van der Waals surface area (Å²) in [5, 5.41) is 4.01. The van der Waals surface area contributed by atoms with Gasteiger partial charge in [-0.3, -0.25) is 4.79 Å². The van der Waals surface area contributed by atoms with Crippen molar-refractivity contribution in [2.45, 2.75) is 18.2 Å². The number of nitrogens with one attached hydrogen (secondary N) is 1. The molecule has 1 heterocycles. The molecule has 1 amide bonds. The molecule has 0 saturated carbocycles. The molecule has 1 unspecified atom stereocenters. The monoisotopic (exact) mass is 322 g/mol. The van der Waals surface area contributed by atoms with Crippen LogP contribution in [-0.4, -0.2) is 33.4 Å². The van der Waals surface area contributed by atoms with Crippen LogP contribution in [0, 0.1) is 5.92 Å². The quantitative estimate of drug-likeness (QED) is 0.913. The maximum absolute atomic E-state index is 11.6. The van der Waals surface area contributed by atoms with Crippen molar-refractivity contribution in [2.24, 2.45) is 11.0 Å². The Labute approximate surface area is 129 Å². The van der Waals surface area contributed by atoms with Gasteiger partial charge in [0.1, 0.15) is 5.75 Å². The summed E-state index contributed by atoms with van der Waals surface area (Å²) in [6, 6.07) is 4.70. The first-order chi connectivity index (χ1) is 10.3. The highest BCUT2D eigenvalue weighted by molar-refractivity contribution is 7.90. The van der Waals surface area contributed by atoms with Crippen LogP contribution in [-0.2, 0) is 14.6 Å². The van der Waals surface area contributed by atoms with Crippen LogP contribution in [0.4, 0.5) is 0 Å². The topological polar surface area (TPSA) is 84.8 Å². The molecule has 1 aliphatic heterocycles. The Balaban J connectivity index is 2.30. The molecule has 1 aliphatic rings. The summed E-state index contributed by atoms with van der Waals surface area (Å²) in [5.74, 6) is 0.401. The predicted octanol–water partition coefficient (Wildman–Crippen LogP) is 1.62. The Morgan fingerprint density at radius 2 is 2.09 bits per heavy atom. The van der Waals surface area contributed by atoms with Gasteiger partial charge < -0.3 is 4.74 Å². The lowest BCUT2D eigenvalue weighted by Gasteiger charge is -2.16. The zero-order valence-corrected chi connectivity index (χ0v) is 13.5. The van der Waals surface area contributed by atoms with Crippen LogP contribution in [0.5, 0.6) is 5.75 Å². The van der Waals surface area contributed by atoms with Crippen molar-refractivity contribution in [1.29, 1.82) is 0 Å². The standard InChI is InChI=1S/C15H18N2O4S/c1-10-8-15(18)17-16-13(10)7-5-11-4-6-12(22(3,19)20)9-14(11)21-2/h4-7,9-10H,8H2,1-3H3,(H,17,18). The summed E-state index contributed by atoms with van der Waals surface area (Å²) >= 11 is 0. The lowest BCUT2D eigenvalue weighted by molar-refractivity contribution is -0.121. The number of amides is 1. The van der Waals surface area contributed by atoms with Crippen LogP contribution in [0.2, 0.25) is 0 Å². The highest BCUT2D eigenvalue weighted by Gasteiger charge is 2.18. The lowest BCUT2D eigenvalue weighted by Crippen LogP contribution is -2.30. The van der Waals surface area contributed by atoms with Crippen LogP contribution in [0.3, 0.4) is 0 Å². The van der Waals surface area contributed by atoms with Crippen LogP contribution < -0.4 is 10.2 Å². The van der Waals surface area contributed by atoms with Gasteiger partial charge in [-0.05, 0) is 30.4 Å². The van der Waals surface area contributed by atoms with Gasteiger partial charge in [-0.25, -0.2) is 13.8 Å². The van der Waals surface area contributed by atoms with E-state index in [1.165, 1.54) is 19.2 Å². The highest BCUT2D eigenvalue weighted by Crippen LogP contribution is 2.24. The Morgan fingerprint density at radius 3 is 2.68 bits per heavy atom. The van der Waals surface area contributed by atoms with Gasteiger partial charge in [-0.1, -0.05) is 6.92 Å². The molecule has 0 aromatic heterocycles. The summed E-state index contributed by atoms with van der Waals surface area (Å²) < 4.78 is 28.4. The molecule has 1 aromatic rings. The largest absolute Gasteiger partial charge is 0.496 e. The smallest absolute Gasteiger partial charge is 0.240 e. The summed E-state index contributed by atoms with van der Waals surface area (Å²) in [4.78, 5) is 11.4. The molecule has 1 N–H and O–H groups in total. The minimum absolute atomic E-state index is 0.0336. The first-order valence-corrected chi connectivity index (χ1v) is 8.63. The molecule has 1 aromatic carbocycles. The number of carbonyl (C=O) groups is 1. The molecule has 2 rings (SSSR count). The minimum atomic E-state index is -3.28. The van der Waals surface area contributed by atoms with Crippen LogP contribution in [0.25, 0.3) is 6.08 Å². The van der Waals surface area contributed by atoms with Crippen LogP contribution in [0.1, 0.15) is 18.9 Å². The molecule has 118 valence electrons. The first kappa shape index (κ1) is 16.2. The van der Waals surface area contributed by atoms with Crippen molar-refractivity contribution >= 4 is 27.5 Å². The maximum atomic E-state index is 11.6. The van der Waals surface area contributed by atoms with E-state index < -0.39 is 9.84 Å². The van der Waals surface area contributed by atoms with E-state index in [1.807, 2.05) is 6.92 Å². The van der Waals surface area contributed by atoms with E-state index in [-0.39, 0.29) is 16.7 Å². The predicted molar refractivity (Wildman–Crippen MR) is 84.5 cm³/mol. The van der Waals surface area contributed by atoms with E-state index in [9.17, 15) is 13.2 Å². The van der Waals surface area contributed by atoms with Gasteiger partial charge in [0.05, 0.1) is 17.7 Å².